The zero-order valence-corrected chi connectivity index (χ0v) is 16.6. The third-order valence-corrected chi connectivity index (χ3v) is 7.97. The van der Waals surface area contributed by atoms with E-state index in [4.69, 9.17) is 9.47 Å². The molecule has 0 bridgehead atoms. The monoisotopic (exact) mass is 381 g/mol. The molecular formula is C19H27NO3S2. The van der Waals surface area contributed by atoms with Crippen molar-refractivity contribution in [1.82, 2.24) is 5.32 Å². The summed E-state index contributed by atoms with van der Waals surface area (Å²) in [6.45, 7) is 0. The minimum atomic E-state index is 0.101. The number of hydrogen-bond acceptors (Lipinski definition) is 5. The second-order valence-corrected chi connectivity index (χ2v) is 9.43. The van der Waals surface area contributed by atoms with E-state index in [2.05, 4.69) is 5.32 Å². The van der Waals surface area contributed by atoms with Crippen molar-refractivity contribution >= 4 is 27.5 Å². The number of aryl methyl sites for hydroxylation is 1. The maximum Gasteiger partial charge on any atom is 0.220 e. The van der Waals surface area contributed by atoms with Gasteiger partial charge in [0.05, 0.1) is 20.3 Å². The van der Waals surface area contributed by atoms with Gasteiger partial charge in [0.2, 0.25) is 5.91 Å². The number of ether oxygens (including phenoxy) is 2. The van der Waals surface area contributed by atoms with E-state index in [1.165, 1.54) is 29.7 Å². The van der Waals surface area contributed by atoms with Crippen LogP contribution in [0.2, 0.25) is 0 Å². The molecule has 0 spiro atoms. The van der Waals surface area contributed by atoms with Crippen LogP contribution in [0.4, 0.5) is 0 Å². The van der Waals surface area contributed by atoms with Crippen molar-refractivity contribution < 1.29 is 14.3 Å². The quantitative estimate of drug-likeness (QED) is 0.530. The van der Waals surface area contributed by atoms with Crippen LogP contribution in [0, 0.1) is 0 Å². The molecule has 1 amide bonds. The summed E-state index contributed by atoms with van der Waals surface area (Å²) in [4.78, 5) is 12.3. The van der Waals surface area contributed by atoms with E-state index in [0.717, 1.165) is 42.4 Å². The molecule has 1 fully saturated rings. The highest BCUT2D eigenvalue weighted by atomic mass is 33.1. The maximum atomic E-state index is 12.3. The van der Waals surface area contributed by atoms with Gasteiger partial charge in [-0.1, -0.05) is 28.0 Å². The van der Waals surface area contributed by atoms with E-state index in [-0.39, 0.29) is 11.9 Å². The smallest absolute Gasteiger partial charge is 0.220 e. The first-order valence-corrected chi connectivity index (χ1v) is 11.4. The fourth-order valence-electron chi connectivity index (χ4n) is 3.57. The molecule has 1 saturated heterocycles. The highest BCUT2D eigenvalue weighted by Gasteiger charge is 2.26. The number of hydrogen-bond donors (Lipinski definition) is 1. The summed E-state index contributed by atoms with van der Waals surface area (Å²) in [5.41, 5.74) is 2.42. The summed E-state index contributed by atoms with van der Waals surface area (Å²) < 4.78 is 10.8. The molecule has 0 aromatic heterocycles. The summed E-state index contributed by atoms with van der Waals surface area (Å²) in [6.07, 6.45) is 7.26. The summed E-state index contributed by atoms with van der Waals surface area (Å²) in [7, 11) is 7.31. The normalized spacial score (nSPS) is 21.8. The maximum absolute atomic E-state index is 12.3. The highest BCUT2D eigenvalue weighted by Crippen LogP contribution is 2.40. The molecule has 1 aliphatic heterocycles. The van der Waals surface area contributed by atoms with Gasteiger partial charge in [-0.3, -0.25) is 4.79 Å². The number of fused-ring (bicyclic) bond motifs is 1. The van der Waals surface area contributed by atoms with E-state index in [1.54, 1.807) is 14.2 Å². The first kappa shape index (κ1) is 18.8. The molecule has 0 saturated carbocycles. The topological polar surface area (TPSA) is 47.6 Å². The zero-order valence-electron chi connectivity index (χ0n) is 15.0. The van der Waals surface area contributed by atoms with Gasteiger partial charge in [0.25, 0.3) is 0 Å². The molecule has 1 aromatic carbocycles. The molecule has 0 unspecified atom stereocenters. The molecular weight excluding hydrogens is 354 g/mol. The third-order valence-electron chi connectivity index (χ3n) is 4.97. The van der Waals surface area contributed by atoms with Crippen molar-refractivity contribution in [3.05, 3.63) is 23.3 Å². The lowest BCUT2D eigenvalue weighted by atomic mass is 10.1. The van der Waals surface area contributed by atoms with Gasteiger partial charge in [-0.25, -0.2) is 0 Å². The van der Waals surface area contributed by atoms with Crippen LogP contribution in [-0.2, 0) is 11.2 Å². The molecule has 1 aromatic rings. The van der Waals surface area contributed by atoms with E-state index < -0.39 is 0 Å². The van der Waals surface area contributed by atoms with Gasteiger partial charge in [0, 0.05) is 17.4 Å². The predicted octanol–water partition coefficient (Wildman–Crippen LogP) is 4.52. The number of methoxy groups -OCH3 is 2. The van der Waals surface area contributed by atoms with Gasteiger partial charge in [-0.05, 0) is 55.4 Å². The number of unbranched alkanes of at least 4 members (excludes halogenated alkanes) is 1. The second-order valence-electron chi connectivity index (χ2n) is 6.64. The van der Waals surface area contributed by atoms with Gasteiger partial charge in [-0.15, -0.1) is 0 Å². The van der Waals surface area contributed by atoms with Crippen LogP contribution in [0.5, 0.6) is 11.5 Å². The number of nitrogens with one attached hydrogen (secondary N) is 1. The van der Waals surface area contributed by atoms with Crippen LogP contribution in [0.15, 0.2) is 12.1 Å². The average Bonchev–Trinajstić information content (AvgIpc) is 3.27. The highest BCUT2D eigenvalue weighted by molar-refractivity contribution is 8.77. The van der Waals surface area contributed by atoms with Crippen LogP contribution >= 0.6 is 21.6 Å². The lowest BCUT2D eigenvalue weighted by Gasteiger charge is -2.16. The lowest BCUT2D eigenvalue weighted by Crippen LogP contribution is -2.26. The molecule has 6 heteroatoms. The average molecular weight is 382 g/mol. The summed E-state index contributed by atoms with van der Waals surface area (Å²) in [6, 6.07) is 4.16. The Morgan fingerprint density at radius 3 is 2.72 bits per heavy atom. The lowest BCUT2D eigenvalue weighted by molar-refractivity contribution is -0.121. The van der Waals surface area contributed by atoms with Gasteiger partial charge in [-0.2, -0.15) is 0 Å². The molecule has 2 aliphatic rings. The molecule has 25 heavy (non-hydrogen) atoms. The van der Waals surface area contributed by atoms with Crippen LogP contribution in [0.3, 0.4) is 0 Å². The molecule has 1 aliphatic carbocycles. The van der Waals surface area contributed by atoms with Gasteiger partial charge < -0.3 is 14.8 Å². The minimum absolute atomic E-state index is 0.101. The van der Waals surface area contributed by atoms with E-state index in [9.17, 15) is 4.79 Å². The molecule has 0 radical (unpaired) electrons. The number of amides is 1. The molecule has 1 N–H and O–H groups in total. The van der Waals surface area contributed by atoms with Crippen LogP contribution in [-0.4, -0.2) is 31.1 Å². The third kappa shape index (κ3) is 4.79. The first-order chi connectivity index (χ1) is 12.2. The van der Waals surface area contributed by atoms with Crippen molar-refractivity contribution in [2.45, 2.75) is 56.2 Å². The Labute approximate surface area is 158 Å². The van der Waals surface area contributed by atoms with Gasteiger partial charge in [0.15, 0.2) is 11.5 Å². The number of rotatable bonds is 8. The van der Waals surface area contributed by atoms with E-state index in [1.807, 2.05) is 33.7 Å². The number of carbonyl (C=O) groups is 1. The molecule has 1 heterocycles. The Kier molecular flexibility index (Phi) is 6.82. The zero-order chi connectivity index (χ0) is 17.6. The Hall–Kier alpha value is -1.01. The summed E-state index contributed by atoms with van der Waals surface area (Å²) >= 11 is 0. The fraction of sp³-hybridized carbons (Fsp3) is 0.632. The van der Waals surface area contributed by atoms with Crippen LogP contribution < -0.4 is 14.8 Å². The Balaban J connectivity index is 1.48. The van der Waals surface area contributed by atoms with Crippen LogP contribution in [0.1, 0.15) is 55.7 Å². The Bertz CT molecular complexity index is 603. The number of carbonyl (C=O) groups excluding carboxylic acids is 1. The molecule has 2 atom stereocenters. The van der Waals surface area contributed by atoms with Crippen molar-refractivity contribution in [3.8, 4) is 11.5 Å². The number of benzene rings is 1. The Morgan fingerprint density at radius 1 is 1.20 bits per heavy atom. The fourth-order valence-corrected chi connectivity index (χ4v) is 6.60. The predicted molar refractivity (Wildman–Crippen MR) is 106 cm³/mol. The van der Waals surface area contributed by atoms with Gasteiger partial charge >= 0.3 is 0 Å². The largest absolute Gasteiger partial charge is 0.493 e. The van der Waals surface area contributed by atoms with E-state index >= 15 is 0 Å². The molecule has 3 rings (SSSR count). The standard InChI is InChI=1S/C19H27NO3S2/c1-22-17-11-13-7-8-16(15(13)12-18(17)23-2)20-19(21)6-4-3-5-14-9-10-24-25-14/h11-12,14,16H,3-10H2,1-2H3,(H,20,21)/t14-,16-/m1/s1. The van der Waals surface area contributed by atoms with Gasteiger partial charge in [0.1, 0.15) is 0 Å². The summed E-state index contributed by atoms with van der Waals surface area (Å²) in [5, 5.41) is 4.01. The minimum Gasteiger partial charge on any atom is -0.493 e. The Morgan fingerprint density at radius 2 is 2.00 bits per heavy atom. The van der Waals surface area contributed by atoms with Crippen molar-refractivity contribution in [2.75, 3.05) is 20.0 Å². The SMILES string of the molecule is COc1cc2c(cc1OC)[C@H](NC(=O)CCCC[C@@H]1CCSS1)CC2. The van der Waals surface area contributed by atoms with Crippen molar-refractivity contribution in [3.63, 3.8) is 0 Å². The molecule has 4 nitrogen and oxygen atoms in total. The van der Waals surface area contributed by atoms with Crippen LogP contribution in [0.25, 0.3) is 0 Å². The van der Waals surface area contributed by atoms with Crippen molar-refractivity contribution in [2.24, 2.45) is 0 Å². The molecule has 138 valence electrons. The van der Waals surface area contributed by atoms with Crippen molar-refractivity contribution in [1.29, 1.82) is 0 Å². The van der Waals surface area contributed by atoms with E-state index in [0.29, 0.717) is 6.42 Å². The second kappa shape index (κ2) is 9.08. The first-order valence-electron chi connectivity index (χ1n) is 9.03. The summed E-state index contributed by atoms with van der Waals surface area (Å²) in [5.74, 6) is 2.94.